The number of aliphatic hydroxyl groups is 3. The molecule has 178 valence electrons. The summed E-state index contributed by atoms with van der Waals surface area (Å²) in [5, 5.41) is 32.6. The van der Waals surface area contributed by atoms with Crippen LogP contribution in [-0.2, 0) is 6.42 Å². The number of aliphatic hydroxyl groups excluding tert-OH is 3. The van der Waals surface area contributed by atoms with E-state index < -0.39 is 12.2 Å². The molecule has 5 rings (SSSR count). The highest BCUT2D eigenvalue weighted by Crippen LogP contribution is 2.67. The second-order valence-corrected chi connectivity index (χ2v) is 12.6. The molecule has 0 spiro atoms. The maximum Gasteiger partial charge on any atom is 0.0842 e. The fourth-order valence-corrected chi connectivity index (χ4v) is 9.19. The Labute approximate surface area is 194 Å². The van der Waals surface area contributed by atoms with Crippen molar-refractivity contribution in [1.82, 2.24) is 0 Å². The van der Waals surface area contributed by atoms with Gasteiger partial charge in [-0.15, -0.1) is 0 Å². The molecule has 0 aromatic heterocycles. The van der Waals surface area contributed by atoms with Crippen LogP contribution in [0.3, 0.4) is 0 Å². The van der Waals surface area contributed by atoms with Crippen molar-refractivity contribution in [1.29, 1.82) is 0 Å². The molecule has 4 aliphatic rings. The molecular weight excluding hydrogens is 396 g/mol. The van der Waals surface area contributed by atoms with E-state index in [1.54, 1.807) is 0 Å². The van der Waals surface area contributed by atoms with E-state index in [4.69, 9.17) is 0 Å². The molecule has 1 aromatic carbocycles. The van der Waals surface area contributed by atoms with Crippen molar-refractivity contribution >= 4 is 0 Å². The molecule has 0 heterocycles. The van der Waals surface area contributed by atoms with Crippen LogP contribution in [-0.4, -0.2) is 33.6 Å². The lowest BCUT2D eigenvalue weighted by molar-refractivity contribution is -0.139. The molecule has 10 atom stereocenters. The maximum atomic E-state index is 11.3. The van der Waals surface area contributed by atoms with Crippen LogP contribution in [0.5, 0.6) is 0 Å². The summed E-state index contributed by atoms with van der Waals surface area (Å²) in [4.78, 5) is 0. The Morgan fingerprint density at radius 2 is 1.56 bits per heavy atom. The highest BCUT2D eigenvalue weighted by molar-refractivity contribution is 5.22. The van der Waals surface area contributed by atoms with Gasteiger partial charge in [0.05, 0.1) is 18.3 Å². The summed E-state index contributed by atoms with van der Waals surface area (Å²) in [6.07, 6.45) is 9.56. The van der Waals surface area contributed by atoms with E-state index >= 15 is 0 Å². The van der Waals surface area contributed by atoms with E-state index in [9.17, 15) is 15.3 Å². The van der Waals surface area contributed by atoms with Gasteiger partial charge < -0.3 is 15.3 Å². The first kappa shape index (κ1) is 22.9. The number of rotatable bonds is 4. The predicted octanol–water partition coefficient (Wildman–Crippen LogP) is 5.28. The molecule has 0 radical (unpaired) electrons. The van der Waals surface area contributed by atoms with Gasteiger partial charge in [-0.05, 0) is 111 Å². The molecule has 3 N–H and O–H groups in total. The quantitative estimate of drug-likeness (QED) is 0.597. The van der Waals surface area contributed by atoms with Crippen LogP contribution >= 0.6 is 0 Å². The van der Waals surface area contributed by atoms with Gasteiger partial charge in [-0.25, -0.2) is 0 Å². The van der Waals surface area contributed by atoms with E-state index in [1.807, 2.05) is 0 Å². The van der Waals surface area contributed by atoms with Gasteiger partial charge in [0.25, 0.3) is 0 Å². The third-order valence-electron chi connectivity index (χ3n) is 11.1. The van der Waals surface area contributed by atoms with Crippen LogP contribution in [0.25, 0.3) is 0 Å². The molecule has 4 aliphatic carbocycles. The van der Waals surface area contributed by atoms with Crippen LogP contribution in [0.2, 0.25) is 0 Å². The SMILES string of the molecule is Cc1ccc(C[C@@H](O)[C@@H](O)[C@H]2CC[C@H]3[C@@H]4CC[C@H]5C[C@@H](O)CC[C@]5(C)[C@H]4CC[C@]23C)cc1. The molecule has 0 amide bonds. The second kappa shape index (κ2) is 8.40. The third kappa shape index (κ3) is 3.67. The van der Waals surface area contributed by atoms with Crippen molar-refractivity contribution in [2.45, 2.75) is 103 Å². The van der Waals surface area contributed by atoms with E-state index in [0.717, 1.165) is 36.7 Å². The summed E-state index contributed by atoms with van der Waals surface area (Å²) in [6.45, 7) is 7.05. The zero-order chi connectivity index (χ0) is 22.7. The summed E-state index contributed by atoms with van der Waals surface area (Å²) in [5.74, 6) is 3.11. The van der Waals surface area contributed by atoms with Crippen molar-refractivity contribution < 1.29 is 15.3 Å². The first-order chi connectivity index (χ1) is 15.2. The Hall–Kier alpha value is -0.900. The van der Waals surface area contributed by atoms with Crippen LogP contribution in [0.15, 0.2) is 24.3 Å². The van der Waals surface area contributed by atoms with Gasteiger partial charge in [0.2, 0.25) is 0 Å². The lowest BCUT2D eigenvalue weighted by Gasteiger charge is -2.61. The van der Waals surface area contributed by atoms with E-state index in [2.05, 4.69) is 45.0 Å². The van der Waals surface area contributed by atoms with Gasteiger partial charge in [-0.1, -0.05) is 43.7 Å². The standard InChI is InChI=1S/C29H44O3/c1-18-4-6-19(7-5-18)16-26(31)27(32)25-11-10-23-22-9-8-20-17-21(30)12-14-28(20,2)24(22)13-15-29(23,25)3/h4-7,20-27,30-32H,8-17H2,1-3H3/t20-,21-,22-,23-,24-,25+,26+,27-,28-,29-/m0/s1. The van der Waals surface area contributed by atoms with Crippen molar-refractivity contribution in [3.05, 3.63) is 35.4 Å². The minimum Gasteiger partial charge on any atom is -0.393 e. The topological polar surface area (TPSA) is 60.7 Å². The van der Waals surface area contributed by atoms with Crippen LogP contribution < -0.4 is 0 Å². The number of benzene rings is 1. The van der Waals surface area contributed by atoms with Gasteiger partial charge in [0.1, 0.15) is 0 Å². The van der Waals surface area contributed by atoms with E-state index in [-0.39, 0.29) is 17.4 Å². The van der Waals surface area contributed by atoms with E-state index in [1.165, 1.54) is 44.1 Å². The Kier molecular flexibility index (Phi) is 6.00. The molecular formula is C29H44O3. The molecule has 4 fully saturated rings. The number of aryl methyl sites for hydroxylation is 1. The number of hydrogen-bond acceptors (Lipinski definition) is 3. The first-order valence-corrected chi connectivity index (χ1v) is 13.3. The highest BCUT2D eigenvalue weighted by Gasteiger charge is 2.61. The largest absolute Gasteiger partial charge is 0.393 e. The molecule has 0 saturated heterocycles. The highest BCUT2D eigenvalue weighted by atomic mass is 16.3. The Morgan fingerprint density at radius 1 is 0.875 bits per heavy atom. The van der Waals surface area contributed by atoms with Crippen molar-refractivity contribution in [3.63, 3.8) is 0 Å². The maximum absolute atomic E-state index is 11.3. The molecule has 0 bridgehead atoms. The summed E-state index contributed by atoms with van der Waals surface area (Å²) < 4.78 is 0. The molecule has 32 heavy (non-hydrogen) atoms. The van der Waals surface area contributed by atoms with Crippen LogP contribution in [0.1, 0.15) is 82.8 Å². The van der Waals surface area contributed by atoms with Crippen LogP contribution in [0.4, 0.5) is 0 Å². The van der Waals surface area contributed by atoms with Gasteiger partial charge >= 0.3 is 0 Å². The molecule has 0 unspecified atom stereocenters. The summed E-state index contributed by atoms with van der Waals surface area (Å²) in [7, 11) is 0. The Bertz CT molecular complexity index is 805. The third-order valence-corrected chi connectivity index (χ3v) is 11.1. The monoisotopic (exact) mass is 440 g/mol. The van der Waals surface area contributed by atoms with Crippen molar-refractivity contribution in [2.24, 2.45) is 40.4 Å². The van der Waals surface area contributed by atoms with Crippen molar-refractivity contribution in [3.8, 4) is 0 Å². The number of hydrogen-bond donors (Lipinski definition) is 3. The minimum absolute atomic E-state index is 0.0838. The lowest BCUT2D eigenvalue weighted by atomic mass is 9.44. The molecule has 3 nitrogen and oxygen atoms in total. The average molecular weight is 441 g/mol. The summed E-state index contributed by atoms with van der Waals surface area (Å²) in [5.41, 5.74) is 2.87. The predicted molar refractivity (Wildman–Crippen MR) is 128 cm³/mol. The second-order valence-electron chi connectivity index (χ2n) is 12.6. The molecule has 0 aliphatic heterocycles. The zero-order valence-corrected chi connectivity index (χ0v) is 20.3. The smallest absolute Gasteiger partial charge is 0.0842 e. The molecule has 4 saturated carbocycles. The first-order valence-electron chi connectivity index (χ1n) is 13.3. The minimum atomic E-state index is -0.691. The van der Waals surface area contributed by atoms with Crippen molar-refractivity contribution in [2.75, 3.05) is 0 Å². The lowest BCUT2D eigenvalue weighted by Crippen LogP contribution is -2.55. The molecule has 3 heteroatoms. The van der Waals surface area contributed by atoms with Gasteiger partial charge in [-0.2, -0.15) is 0 Å². The van der Waals surface area contributed by atoms with Crippen LogP contribution in [0, 0.1) is 47.3 Å². The average Bonchev–Trinajstić information content (AvgIpc) is 3.12. The zero-order valence-electron chi connectivity index (χ0n) is 20.3. The summed E-state index contributed by atoms with van der Waals surface area (Å²) in [6, 6.07) is 8.33. The fourth-order valence-electron chi connectivity index (χ4n) is 9.19. The molecule has 1 aromatic rings. The Morgan fingerprint density at radius 3 is 2.31 bits per heavy atom. The van der Waals surface area contributed by atoms with Gasteiger partial charge in [0.15, 0.2) is 0 Å². The van der Waals surface area contributed by atoms with Gasteiger partial charge in [0, 0.05) is 6.42 Å². The summed E-state index contributed by atoms with van der Waals surface area (Å²) >= 11 is 0. The Balaban J connectivity index is 1.31. The van der Waals surface area contributed by atoms with Gasteiger partial charge in [-0.3, -0.25) is 0 Å². The normalized spacial score (nSPS) is 45.4. The fraction of sp³-hybridized carbons (Fsp3) is 0.793. The van der Waals surface area contributed by atoms with E-state index in [0.29, 0.717) is 23.7 Å². The number of fused-ring (bicyclic) bond motifs is 5.